The average molecular weight is 411 g/mol. The number of hydrogen-bond donors (Lipinski definition) is 1. The van der Waals surface area contributed by atoms with E-state index in [0.29, 0.717) is 19.6 Å². The van der Waals surface area contributed by atoms with Gasteiger partial charge >= 0.3 is 5.97 Å². The minimum Gasteiger partial charge on any atom is -0.462 e. The summed E-state index contributed by atoms with van der Waals surface area (Å²) in [6, 6.07) is 11.6. The van der Waals surface area contributed by atoms with E-state index in [1.54, 1.807) is 24.3 Å². The maximum Gasteiger partial charge on any atom is 0.324 e. The van der Waals surface area contributed by atoms with Crippen LogP contribution >= 0.6 is 12.4 Å². The number of hydrogen-bond acceptors (Lipinski definition) is 4. The van der Waals surface area contributed by atoms with E-state index >= 15 is 0 Å². The number of esters is 1. The molecule has 1 unspecified atom stereocenters. The molecule has 3 rings (SSSR count). The average Bonchev–Trinajstić information content (AvgIpc) is 2.65. The van der Waals surface area contributed by atoms with Gasteiger partial charge in [-0.25, -0.2) is 8.78 Å². The van der Waals surface area contributed by atoms with E-state index in [2.05, 4.69) is 5.32 Å². The van der Waals surface area contributed by atoms with Gasteiger partial charge in [0.25, 0.3) is 0 Å². The van der Waals surface area contributed by atoms with Gasteiger partial charge in [-0.1, -0.05) is 24.3 Å². The quantitative estimate of drug-likeness (QED) is 0.763. The van der Waals surface area contributed by atoms with E-state index in [1.165, 1.54) is 24.3 Å². The number of nitrogens with zero attached hydrogens (tertiary/aromatic N) is 1. The Hall–Kier alpha value is -2.02. The Morgan fingerprint density at radius 1 is 1.04 bits per heavy atom. The zero-order valence-electron chi connectivity index (χ0n) is 15.9. The largest absolute Gasteiger partial charge is 0.462 e. The van der Waals surface area contributed by atoms with Gasteiger partial charge < -0.3 is 10.1 Å². The molecule has 152 valence electrons. The molecule has 1 aliphatic heterocycles. The van der Waals surface area contributed by atoms with Crippen molar-refractivity contribution in [2.45, 2.75) is 32.0 Å². The molecule has 0 radical (unpaired) electrons. The Morgan fingerprint density at radius 3 is 2.00 bits per heavy atom. The van der Waals surface area contributed by atoms with E-state index in [1.807, 2.05) is 18.7 Å². The number of nitrogens with one attached hydrogen (secondary N) is 1. The molecule has 0 aliphatic carbocycles. The van der Waals surface area contributed by atoms with Crippen LogP contribution in [0.25, 0.3) is 0 Å². The van der Waals surface area contributed by atoms with E-state index < -0.39 is 6.04 Å². The number of benzene rings is 2. The number of piperazine rings is 1. The van der Waals surface area contributed by atoms with Crippen LogP contribution in [0.1, 0.15) is 31.0 Å². The normalized spacial score (nSPS) is 17.4. The molecule has 0 aromatic heterocycles. The number of carbonyl (C=O) groups excluding carboxylic acids is 1. The Balaban J connectivity index is 0.00000280. The molecule has 1 fully saturated rings. The maximum atomic E-state index is 13.4. The molecule has 28 heavy (non-hydrogen) atoms. The van der Waals surface area contributed by atoms with Crippen molar-refractivity contribution in [1.82, 2.24) is 10.2 Å². The first-order chi connectivity index (χ1) is 13.0. The summed E-state index contributed by atoms with van der Waals surface area (Å²) in [5.74, 6) is -0.952. The second-order valence-electron chi connectivity index (χ2n) is 6.95. The van der Waals surface area contributed by atoms with E-state index in [0.717, 1.165) is 11.1 Å². The van der Waals surface area contributed by atoms with Crippen molar-refractivity contribution in [3.63, 3.8) is 0 Å². The SMILES string of the molecule is CC(C)OC(=O)C1CNCCN1C(c1ccc(F)cc1)c1ccc(F)cc1.Cl. The van der Waals surface area contributed by atoms with Gasteiger partial charge in [0.15, 0.2) is 0 Å². The van der Waals surface area contributed by atoms with Crippen molar-refractivity contribution in [2.24, 2.45) is 0 Å². The molecular formula is C21H25ClF2N2O2. The fourth-order valence-corrected chi connectivity index (χ4v) is 3.42. The Morgan fingerprint density at radius 2 is 1.54 bits per heavy atom. The molecule has 4 nitrogen and oxygen atoms in total. The van der Waals surface area contributed by atoms with Gasteiger partial charge in [-0.15, -0.1) is 12.4 Å². The molecule has 2 aromatic rings. The van der Waals surface area contributed by atoms with Crippen LogP contribution in [0.3, 0.4) is 0 Å². The van der Waals surface area contributed by atoms with Crippen LogP contribution in [0.4, 0.5) is 8.78 Å². The lowest BCUT2D eigenvalue weighted by molar-refractivity contribution is -0.155. The highest BCUT2D eigenvalue weighted by molar-refractivity contribution is 5.85. The van der Waals surface area contributed by atoms with Crippen LogP contribution in [0, 0.1) is 11.6 Å². The minimum atomic E-state index is -0.485. The number of carbonyl (C=O) groups is 1. The first-order valence-electron chi connectivity index (χ1n) is 9.13. The van der Waals surface area contributed by atoms with Crippen molar-refractivity contribution >= 4 is 18.4 Å². The van der Waals surface area contributed by atoms with E-state index in [4.69, 9.17) is 4.74 Å². The van der Waals surface area contributed by atoms with Crippen molar-refractivity contribution in [1.29, 1.82) is 0 Å². The zero-order valence-corrected chi connectivity index (χ0v) is 16.7. The van der Waals surface area contributed by atoms with Crippen LogP contribution in [-0.2, 0) is 9.53 Å². The molecule has 0 saturated carbocycles. The highest BCUT2D eigenvalue weighted by atomic mass is 35.5. The smallest absolute Gasteiger partial charge is 0.324 e. The Kier molecular flexibility index (Phi) is 7.92. The third kappa shape index (κ3) is 5.28. The van der Waals surface area contributed by atoms with Crippen LogP contribution < -0.4 is 5.32 Å². The summed E-state index contributed by atoms with van der Waals surface area (Å²) >= 11 is 0. The second-order valence-corrected chi connectivity index (χ2v) is 6.95. The summed E-state index contributed by atoms with van der Waals surface area (Å²) in [7, 11) is 0. The van der Waals surface area contributed by atoms with Crippen molar-refractivity contribution < 1.29 is 18.3 Å². The summed E-state index contributed by atoms with van der Waals surface area (Å²) in [6.07, 6.45) is -0.212. The van der Waals surface area contributed by atoms with Crippen LogP contribution in [0.2, 0.25) is 0 Å². The summed E-state index contributed by atoms with van der Waals surface area (Å²) in [5, 5.41) is 3.23. The summed E-state index contributed by atoms with van der Waals surface area (Å²) < 4.78 is 32.3. The predicted octanol–water partition coefficient (Wildman–Crippen LogP) is 3.70. The van der Waals surface area contributed by atoms with Gasteiger partial charge in [-0.3, -0.25) is 9.69 Å². The summed E-state index contributed by atoms with van der Waals surface area (Å²) in [4.78, 5) is 14.7. The number of halogens is 3. The Bertz CT molecular complexity index is 723. The fourth-order valence-electron chi connectivity index (χ4n) is 3.42. The van der Waals surface area contributed by atoms with Crippen molar-refractivity contribution in [2.75, 3.05) is 19.6 Å². The van der Waals surface area contributed by atoms with Gasteiger partial charge in [-0.05, 0) is 49.2 Å². The van der Waals surface area contributed by atoms with Crippen LogP contribution in [0.5, 0.6) is 0 Å². The van der Waals surface area contributed by atoms with Gasteiger partial charge in [0.1, 0.15) is 17.7 Å². The number of rotatable bonds is 5. The molecule has 0 spiro atoms. The fraction of sp³-hybridized carbons (Fsp3) is 0.381. The molecule has 0 bridgehead atoms. The Labute approximate surface area is 170 Å². The van der Waals surface area contributed by atoms with E-state index in [9.17, 15) is 13.6 Å². The number of ether oxygens (including phenoxy) is 1. The summed E-state index contributed by atoms with van der Waals surface area (Å²) in [5.41, 5.74) is 1.68. The van der Waals surface area contributed by atoms with Crippen LogP contribution in [-0.4, -0.2) is 42.6 Å². The standard InChI is InChI=1S/C21H24F2N2O2.ClH/c1-14(2)27-21(26)19-13-24-11-12-25(19)20(15-3-7-17(22)8-4-15)16-5-9-18(23)10-6-16;/h3-10,14,19-20,24H,11-13H2,1-2H3;1H. The van der Waals surface area contributed by atoms with Crippen LogP contribution in [0.15, 0.2) is 48.5 Å². The molecule has 2 aromatic carbocycles. The van der Waals surface area contributed by atoms with Crippen molar-refractivity contribution in [3.8, 4) is 0 Å². The van der Waals surface area contributed by atoms with E-state index in [-0.39, 0.29) is 42.2 Å². The monoisotopic (exact) mass is 410 g/mol. The zero-order chi connectivity index (χ0) is 19.4. The molecule has 7 heteroatoms. The van der Waals surface area contributed by atoms with Gasteiger partial charge in [0.2, 0.25) is 0 Å². The third-order valence-corrected chi connectivity index (χ3v) is 4.61. The lowest BCUT2D eigenvalue weighted by Gasteiger charge is -2.40. The lowest BCUT2D eigenvalue weighted by Crippen LogP contribution is -2.56. The molecule has 1 saturated heterocycles. The maximum absolute atomic E-state index is 13.4. The molecule has 1 heterocycles. The molecular weight excluding hydrogens is 386 g/mol. The second kappa shape index (κ2) is 9.96. The molecule has 0 amide bonds. The molecule has 1 atom stereocenters. The molecule has 1 aliphatic rings. The molecule has 1 N–H and O–H groups in total. The summed E-state index contributed by atoms with van der Waals surface area (Å²) in [6.45, 7) is 5.41. The highest BCUT2D eigenvalue weighted by Gasteiger charge is 2.36. The minimum absolute atomic E-state index is 0. The highest BCUT2D eigenvalue weighted by Crippen LogP contribution is 2.31. The van der Waals surface area contributed by atoms with Gasteiger partial charge in [0.05, 0.1) is 12.1 Å². The van der Waals surface area contributed by atoms with Gasteiger partial charge in [0, 0.05) is 19.6 Å². The van der Waals surface area contributed by atoms with Crippen molar-refractivity contribution in [3.05, 3.63) is 71.3 Å². The van der Waals surface area contributed by atoms with Gasteiger partial charge in [-0.2, -0.15) is 0 Å². The first kappa shape index (κ1) is 22.3. The predicted molar refractivity (Wildman–Crippen MR) is 106 cm³/mol. The topological polar surface area (TPSA) is 41.6 Å². The first-order valence-corrected chi connectivity index (χ1v) is 9.13. The lowest BCUT2D eigenvalue weighted by atomic mass is 9.94. The third-order valence-electron chi connectivity index (χ3n) is 4.61.